The lowest BCUT2D eigenvalue weighted by Crippen LogP contribution is -2.41. The predicted octanol–water partition coefficient (Wildman–Crippen LogP) is 3.24. The van der Waals surface area contributed by atoms with E-state index >= 15 is 0 Å². The Morgan fingerprint density at radius 3 is 2.70 bits per heavy atom. The summed E-state index contributed by atoms with van der Waals surface area (Å²) in [6.07, 6.45) is 2.47. The smallest absolute Gasteiger partial charge is 0.119 e. The summed E-state index contributed by atoms with van der Waals surface area (Å²) in [5.41, 5.74) is 0. The third-order valence-electron chi connectivity index (χ3n) is 3.96. The highest BCUT2D eigenvalue weighted by Crippen LogP contribution is 2.16. The Balaban J connectivity index is 1.80. The van der Waals surface area contributed by atoms with Crippen molar-refractivity contribution in [2.24, 2.45) is 0 Å². The van der Waals surface area contributed by atoms with Crippen molar-refractivity contribution in [3.8, 4) is 5.75 Å². The molecule has 0 bridgehead atoms. The molecule has 2 rings (SSSR count). The largest absolute Gasteiger partial charge is 0.492 e. The van der Waals surface area contributed by atoms with Gasteiger partial charge in [-0.3, -0.25) is 4.90 Å². The van der Waals surface area contributed by atoms with Gasteiger partial charge in [-0.1, -0.05) is 22.9 Å². The van der Waals surface area contributed by atoms with Crippen molar-refractivity contribution >= 4 is 15.9 Å². The number of halogens is 1. The van der Waals surface area contributed by atoms with Crippen LogP contribution in [-0.2, 0) is 0 Å². The zero-order valence-electron chi connectivity index (χ0n) is 12.5. The van der Waals surface area contributed by atoms with E-state index in [-0.39, 0.29) is 0 Å². The summed E-state index contributed by atoms with van der Waals surface area (Å²) in [5, 5.41) is 0. The van der Waals surface area contributed by atoms with Crippen molar-refractivity contribution in [2.45, 2.75) is 25.8 Å². The number of nitrogens with zero attached hydrogens (tertiary/aromatic N) is 2. The highest BCUT2D eigenvalue weighted by atomic mass is 79.9. The zero-order valence-corrected chi connectivity index (χ0v) is 14.1. The molecular formula is C16H25BrN2O. The van der Waals surface area contributed by atoms with Gasteiger partial charge in [-0.15, -0.1) is 0 Å². The topological polar surface area (TPSA) is 15.7 Å². The Hall–Kier alpha value is -0.580. The van der Waals surface area contributed by atoms with Gasteiger partial charge in [0.05, 0.1) is 0 Å². The average Bonchev–Trinajstić information content (AvgIpc) is 2.62. The minimum atomic E-state index is 0.663. The minimum absolute atomic E-state index is 0.663. The van der Waals surface area contributed by atoms with Crippen molar-refractivity contribution in [1.29, 1.82) is 0 Å². The highest BCUT2D eigenvalue weighted by Gasteiger charge is 2.21. The van der Waals surface area contributed by atoms with E-state index in [0.29, 0.717) is 6.04 Å². The number of ether oxygens (including phenoxy) is 1. The molecule has 1 saturated heterocycles. The van der Waals surface area contributed by atoms with Gasteiger partial charge in [-0.25, -0.2) is 0 Å². The first-order chi connectivity index (χ1) is 9.69. The van der Waals surface area contributed by atoms with E-state index in [1.54, 1.807) is 0 Å². The molecule has 3 nitrogen and oxygen atoms in total. The summed E-state index contributed by atoms with van der Waals surface area (Å²) >= 11 is 3.44. The Labute approximate surface area is 131 Å². The van der Waals surface area contributed by atoms with Crippen LogP contribution in [0.15, 0.2) is 28.7 Å². The Morgan fingerprint density at radius 2 is 2.00 bits per heavy atom. The van der Waals surface area contributed by atoms with Crippen LogP contribution in [0.25, 0.3) is 0 Å². The van der Waals surface area contributed by atoms with Gasteiger partial charge in [-0.2, -0.15) is 0 Å². The molecule has 1 aromatic rings. The molecule has 1 unspecified atom stereocenters. The molecule has 1 atom stereocenters. The van der Waals surface area contributed by atoms with Gasteiger partial charge < -0.3 is 9.64 Å². The van der Waals surface area contributed by atoms with Crippen LogP contribution in [0.4, 0.5) is 0 Å². The summed E-state index contributed by atoms with van der Waals surface area (Å²) in [6, 6.07) is 8.72. The van der Waals surface area contributed by atoms with Gasteiger partial charge in [-0.05, 0) is 57.2 Å². The molecule has 0 saturated carbocycles. The van der Waals surface area contributed by atoms with Crippen LogP contribution >= 0.6 is 15.9 Å². The molecule has 0 N–H and O–H groups in total. The van der Waals surface area contributed by atoms with Gasteiger partial charge >= 0.3 is 0 Å². The number of hydrogen-bond acceptors (Lipinski definition) is 3. The second kappa shape index (κ2) is 8.01. The number of benzene rings is 1. The SMILES string of the molecule is CCC1CN(C)CCCN1CCOc1ccc(Br)cc1. The van der Waals surface area contributed by atoms with E-state index in [1.165, 1.54) is 32.5 Å². The number of likely N-dealkylation sites (N-methyl/N-ethyl adjacent to an activating group) is 1. The molecule has 4 heteroatoms. The molecule has 1 aliphatic heterocycles. The van der Waals surface area contributed by atoms with Crippen molar-refractivity contribution in [2.75, 3.05) is 39.8 Å². The van der Waals surface area contributed by atoms with Gasteiger partial charge in [0.2, 0.25) is 0 Å². The minimum Gasteiger partial charge on any atom is -0.492 e. The molecule has 0 spiro atoms. The second-order valence-corrected chi connectivity index (χ2v) is 6.43. The van der Waals surface area contributed by atoms with Crippen LogP contribution in [0.2, 0.25) is 0 Å². The maximum Gasteiger partial charge on any atom is 0.119 e. The molecule has 1 fully saturated rings. The van der Waals surface area contributed by atoms with Crippen molar-refractivity contribution in [1.82, 2.24) is 9.80 Å². The standard InChI is InChI=1S/C16H25BrN2O/c1-3-15-13-18(2)9-4-10-19(15)11-12-20-16-7-5-14(17)6-8-16/h5-8,15H,3-4,9-13H2,1-2H3. The van der Waals surface area contributed by atoms with Crippen LogP contribution in [-0.4, -0.2) is 55.7 Å². The lowest BCUT2D eigenvalue weighted by Gasteiger charge is -2.29. The fourth-order valence-corrected chi connectivity index (χ4v) is 3.05. The lowest BCUT2D eigenvalue weighted by molar-refractivity contribution is 0.152. The Morgan fingerprint density at radius 1 is 1.25 bits per heavy atom. The third kappa shape index (κ3) is 4.76. The Kier molecular flexibility index (Phi) is 6.33. The van der Waals surface area contributed by atoms with E-state index in [4.69, 9.17) is 4.74 Å². The van der Waals surface area contributed by atoms with E-state index in [1.807, 2.05) is 24.3 Å². The lowest BCUT2D eigenvalue weighted by atomic mass is 10.2. The monoisotopic (exact) mass is 340 g/mol. The summed E-state index contributed by atoms with van der Waals surface area (Å²) in [4.78, 5) is 5.03. The zero-order chi connectivity index (χ0) is 14.4. The summed E-state index contributed by atoms with van der Waals surface area (Å²) < 4.78 is 6.94. The maximum absolute atomic E-state index is 5.85. The van der Waals surface area contributed by atoms with Gasteiger partial charge in [0.15, 0.2) is 0 Å². The third-order valence-corrected chi connectivity index (χ3v) is 4.48. The summed E-state index contributed by atoms with van der Waals surface area (Å²) in [7, 11) is 2.23. The van der Waals surface area contributed by atoms with E-state index in [2.05, 4.69) is 39.7 Å². The van der Waals surface area contributed by atoms with Crippen molar-refractivity contribution in [3.05, 3.63) is 28.7 Å². The first-order valence-corrected chi connectivity index (χ1v) is 8.29. The average molecular weight is 341 g/mol. The molecule has 0 amide bonds. The fourth-order valence-electron chi connectivity index (χ4n) is 2.79. The molecule has 0 aromatic heterocycles. The van der Waals surface area contributed by atoms with E-state index < -0.39 is 0 Å². The predicted molar refractivity (Wildman–Crippen MR) is 87.4 cm³/mol. The van der Waals surface area contributed by atoms with Crippen molar-refractivity contribution in [3.63, 3.8) is 0 Å². The molecule has 1 heterocycles. The quantitative estimate of drug-likeness (QED) is 0.818. The number of rotatable bonds is 5. The van der Waals surface area contributed by atoms with Crippen molar-refractivity contribution < 1.29 is 4.74 Å². The molecule has 112 valence electrons. The summed E-state index contributed by atoms with van der Waals surface area (Å²) in [6.45, 7) is 7.64. The van der Waals surface area contributed by atoms with Crippen LogP contribution in [0, 0.1) is 0 Å². The maximum atomic E-state index is 5.85. The summed E-state index contributed by atoms with van der Waals surface area (Å²) in [5.74, 6) is 0.952. The number of hydrogen-bond donors (Lipinski definition) is 0. The molecule has 1 aliphatic rings. The van der Waals surface area contributed by atoms with Crippen LogP contribution in [0.5, 0.6) is 5.75 Å². The van der Waals surface area contributed by atoms with Gasteiger partial charge in [0.1, 0.15) is 12.4 Å². The fraction of sp³-hybridized carbons (Fsp3) is 0.625. The first-order valence-electron chi connectivity index (χ1n) is 7.50. The molecule has 0 radical (unpaired) electrons. The van der Waals surface area contributed by atoms with E-state index in [0.717, 1.165) is 23.4 Å². The highest BCUT2D eigenvalue weighted by molar-refractivity contribution is 9.10. The van der Waals surface area contributed by atoms with E-state index in [9.17, 15) is 0 Å². The normalized spacial score (nSPS) is 21.6. The Bertz CT molecular complexity index is 396. The van der Waals surface area contributed by atoms with Gasteiger partial charge in [0.25, 0.3) is 0 Å². The first kappa shape index (κ1) is 15.8. The van der Waals surface area contributed by atoms with Crippen LogP contribution < -0.4 is 4.74 Å². The molecular weight excluding hydrogens is 316 g/mol. The molecule has 20 heavy (non-hydrogen) atoms. The molecule has 1 aromatic carbocycles. The molecule has 0 aliphatic carbocycles. The van der Waals surface area contributed by atoms with Crippen LogP contribution in [0.3, 0.4) is 0 Å². The van der Waals surface area contributed by atoms with Crippen LogP contribution in [0.1, 0.15) is 19.8 Å². The van der Waals surface area contributed by atoms with Gasteiger partial charge in [0, 0.05) is 23.6 Å². The second-order valence-electron chi connectivity index (χ2n) is 5.52.